The van der Waals surface area contributed by atoms with Gasteiger partial charge < -0.3 is 14.0 Å². The average Bonchev–Trinajstić information content (AvgIpc) is 3.11. The van der Waals surface area contributed by atoms with Crippen molar-refractivity contribution < 1.29 is 18.8 Å². The topological polar surface area (TPSA) is 74.5 Å². The second-order valence-corrected chi connectivity index (χ2v) is 5.51. The second-order valence-electron chi connectivity index (χ2n) is 5.51. The normalized spacial score (nSPS) is 10.5. The molecule has 0 aliphatic rings. The highest BCUT2D eigenvalue weighted by molar-refractivity contribution is 5.73. The number of carbonyl (C=O) groups is 1. The van der Waals surface area contributed by atoms with E-state index in [1.165, 1.54) is 0 Å². The molecule has 0 saturated heterocycles. The van der Waals surface area contributed by atoms with E-state index in [4.69, 9.17) is 14.0 Å². The smallest absolute Gasteiger partial charge is 0.310 e. The Bertz CT molecular complexity index is 856. The number of aromatic nitrogens is 2. The van der Waals surface area contributed by atoms with E-state index in [2.05, 4.69) is 10.1 Å². The fourth-order valence-corrected chi connectivity index (χ4v) is 2.32. The average molecular weight is 338 g/mol. The van der Waals surface area contributed by atoms with Gasteiger partial charge in [0.1, 0.15) is 5.75 Å². The Morgan fingerprint density at radius 1 is 1.12 bits per heavy atom. The zero-order chi connectivity index (χ0) is 17.6. The summed E-state index contributed by atoms with van der Waals surface area (Å²) in [6.07, 6.45) is 0.218. The summed E-state index contributed by atoms with van der Waals surface area (Å²) in [7, 11) is 1.60. The maximum Gasteiger partial charge on any atom is 0.310 e. The van der Waals surface area contributed by atoms with Crippen LogP contribution in [0.3, 0.4) is 0 Å². The van der Waals surface area contributed by atoms with E-state index in [0.29, 0.717) is 11.7 Å². The summed E-state index contributed by atoms with van der Waals surface area (Å²) in [5.74, 6) is 1.11. The molecule has 3 rings (SSSR count). The number of rotatable bonds is 6. The van der Waals surface area contributed by atoms with Crippen LogP contribution in [0.25, 0.3) is 11.5 Å². The van der Waals surface area contributed by atoms with Gasteiger partial charge in [-0.1, -0.05) is 29.4 Å². The molecule has 1 heterocycles. The number of nitrogens with zero attached hydrogens (tertiary/aromatic N) is 2. The van der Waals surface area contributed by atoms with Crippen LogP contribution in [0.15, 0.2) is 53.1 Å². The number of ether oxygens (including phenoxy) is 2. The number of aryl methyl sites for hydroxylation is 1. The Morgan fingerprint density at radius 3 is 2.60 bits per heavy atom. The molecule has 0 unspecified atom stereocenters. The molecule has 0 atom stereocenters. The fourth-order valence-electron chi connectivity index (χ4n) is 2.32. The van der Waals surface area contributed by atoms with Gasteiger partial charge in [0.05, 0.1) is 13.5 Å². The van der Waals surface area contributed by atoms with Crippen LogP contribution in [0, 0.1) is 6.92 Å². The Balaban J connectivity index is 1.58. The molecule has 128 valence electrons. The van der Waals surface area contributed by atoms with Gasteiger partial charge in [0, 0.05) is 5.56 Å². The molecule has 2 aromatic carbocycles. The SMILES string of the molecule is COc1ccc(-c2nc(COC(=O)Cc3ccccc3C)no2)cc1. The number of esters is 1. The van der Waals surface area contributed by atoms with Crippen LogP contribution in [0.4, 0.5) is 0 Å². The molecule has 1 aromatic heterocycles. The molecule has 25 heavy (non-hydrogen) atoms. The highest BCUT2D eigenvalue weighted by Crippen LogP contribution is 2.20. The van der Waals surface area contributed by atoms with Gasteiger partial charge in [-0.3, -0.25) is 4.79 Å². The minimum Gasteiger partial charge on any atom is -0.497 e. The Hall–Kier alpha value is -3.15. The Morgan fingerprint density at radius 2 is 1.88 bits per heavy atom. The Kier molecular flexibility index (Phi) is 5.09. The van der Waals surface area contributed by atoms with Crippen molar-refractivity contribution in [3.63, 3.8) is 0 Å². The molecule has 6 heteroatoms. The summed E-state index contributed by atoms with van der Waals surface area (Å²) in [4.78, 5) is 16.2. The van der Waals surface area contributed by atoms with E-state index < -0.39 is 0 Å². The first-order valence-corrected chi connectivity index (χ1v) is 7.83. The first-order chi connectivity index (χ1) is 12.2. The van der Waals surface area contributed by atoms with Gasteiger partial charge in [-0.2, -0.15) is 4.98 Å². The predicted octanol–water partition coefficient (Wildman–Crippen LogP) is 3.34. The number of methoxy groups -OCH3 is 1. The van der Waals surface area contributed by atoms with Crippen molar-refractivity contribution in [1.82, 2.24) is 10.1 Å². The number of benzene rings is 2. The van der Waals surface area contributed by atoms with Crippen molar-refractivity contribution in [2.24, 2.45) is 0 Å². The number of hydrogen-bond acceptors (Lipinski definition) is 6. The quantitative estimate of drug-likeness (QED) is 0.642. The highest BCUT2D eigenvalue weighted by Gasteiger charge is 2.12. The number of carbonyl (C=O) groups excluding carboxylic acids is 1. The van der Waals surface area contributed by atoms with E-state index in [-0.39, 0.29) is 19.0 Å². The van der Waals surface area contributed by atoms with Crippen LogP contribution in [0.5, 0.6) is 5.75 Å². The van der Waals surface area contributed by atoms with E-state index in [0.717, 1.165) is 22.4 Å². The maximum absolute atomic E-state index is 12.0. The minimum atomic E-state index is -0.329. The molecule has 3 aromatic rings. The van der Waals surface area contributed by atoms with Gasteiger partial charge in [-0.25, -0.2) is 0 Å². The second kappa shape index (κ2) is 7.61. The van der Waals surface area contributed by atoms with E-state index in [1.807, 2.05) is 43.3 Å². The van der Waals surface area contributed by atoms with Crippen LogP contribution < -0.4 is 4.74 Å². The summed E-state index contributed by atoms with van der Waals surface area (Å²) < 4.78 is 15.5. The third-order valence-electron chi connectivity index (χ3n) is 3.76. The lowest BCUT2D eigenvalue weighted by atomic mass is 10.1. The lowest BCUT2D eigenvalue weighted by Crippen LogP contribution is -2.09. The van der Waals surface area contributed by atoms with Crippen molar-refractivity contribution >= 4 is 5.97 Å². The third-order valence-corrected chi connectivity index (χ3v) is 3.76. The first kappa shape index (κ1) is 16.7. The molecule has 6 nitrogen and oxygen atoms in total. The van der Waals surface area contributed by atoms with Gasteiger partial charge in [-0.05, 0) is 42.3 Å². The van der Waals surface area contributed by atoms with Gasteiger partial charge >= 0.3 is 5.97 Å². The molecule has 0 bridgehead atoms. The lowest BCUT2D eigenvalue weighted by molar-refractivity contribution is -0.144. The fraction of sp³-hybridized carbons (Fsp3) is 0.211. The zero-order valence-corrected chi connectivity index (χ0v) is 14.1. The van der Waals surface area contributed by atoms with Crippen molar-refractivity contribution in [3.05, 3.63) is 65.5 Å². The zero-order valence-electron chi connectivity index (χ0n) is 14.1. The highest BCUT2D eigenvalue weighted by atomic mass is 16.5. The largest absolute Gasteiger partial charge is 0.497 e. The van der Waals surface area contributed by atoms with Gasteiger partial charge in [0.2, 0.25) is 5.82 Å². The number of hydrogen-bond donors (Lipinski definition) is 0. The molecule has 0 amide bonds. The predicted molar refractivity (Wildman–Crippen MR) is 91.0 cm³/mol. The van der Waals surface area contributed by atoms with Gasteiger partial charge in [0.25, 0.3) is 5.89 Å². The molecule has 0 saturated carbocycles. The van der Waals surface area contributed by atoms with Crippen LogP contribution in [0.1, 0.15) is 17.0 Å². The van der Waals surface area contributed by atoms with Crippen LogP contribution >= 0.6 is 0 Å². The lowest BCUT2D eigenvalue weighted by Gasteiger charge is -2.05. The molecule has 0 aliphatic heterocycles. The standard InChI is InChI=1S/C19H18N2O4/c1-13-5-3-4-6-15(13)11-18(22)24-12-17-20-19(25-21-17)14-7-9-16(23-2)10-8-14/h3-10H,11-12H2,1-2H3. The molecule has 0 N–H and O–H groups in total. The van der Waals surface area contributed by atoms with Crippen molar-refractivity contribution in [1.29, 1.82) is 0 Å². The van der Waals surface area contributed by atoms with Crippen molar-refractivity contribution in [2.75, 3.05) is 7.11 Å². The molecular formula is C19H18N2O4. The molecule has 0 spiro atoms. The molecule has 0 fully saturated rings. The summed E-state index contributed by atoms with van der Waals surface area (Å²) >= 11 is 0. The maximum atomic E-state index is 12.0. The summed E-state index contributed by atoms with van der Waals surface area (Å²) in [6.45, 7) is 1.94. The van der Waals surface area contributed by atoms with Gasteiger partial charge in [0.15, 0.2) is 6.61 Å². The van der Waals surface area contributed by atoms with Crippen molar-refractivity contribution in [3.8, 4) is 17.2 Å². The van der Waals surface area contributed by atoms with E-state index >= 15 is 0 Å². The van der Waals surface area contributed by atoms with Crippen LogP contribution in [-0.4, -0.2) is 23.2 Å². The van der Waals surface area contributed by atoms with E-state index in [9.17, 15) is 4.79 Å². The molecule has 0 radical (unpaired) electrons. The van der Waals surface area contributed by atoms with Crippen LogP contribution in [-0.2, 0) is 22.6 Å². The van der Waals surface area contributed by atoms with E-state index in [1.54, 1.807) is 19.2 Å². The molecular weight excluding hydrogens is 320 g/mol. The van der Waals surface area contributed by atoms with Crippen molar-refractivity contribution in [2.45, 2.75) is 20.0 Å². The Labute approximate surface area is 145 Å². The summed E-state index contributed by atoms with van der Waals surface area (Å²) in [5, 5.41) is 3.84. The molecule has 0 aliphatic carbocycles. The van der Waals surface area contributed by atoms with Gasteiger partial charge in [-0.15, -0.1) is 0 Å². The minimum absolute atomic E-state index is 0.0234. The van der Waals surface area contributed by atoms with Crippen LogP contribution in [0.2, 0.25) is 0 Å². The summed E-state index contributed by atoms with van der Waals surface area (Å²) in [5.41, 5.74) is 2.77. The first-order valence-electron chi connectivity index (χ1n) is 7.83. The summed E-state index contributed by atoms with van der Waals surface area (Å²) in [6, 6.07) is 15.0. The monoisotopic (exact) mass is 338 g/mol. The third kappa shape index (κ3) is 4.23.